The Kier molecular flexibility index (Phi) is 3.85. The smallest absolute Gasteiger partial charge is 0.141 e. The molecule has 0 atom stereocenters. The Morgan fingerprint density at radius 1 is 0.947 bits per heavy atom. The SMILES string of the molecule is Cc1ccc(C#N)cc1Oc1ccc(C#N)cc1Br. The largest absolute Gasteiger partial charge is 0.456 e. The van der Waals surface area contributed by atoms with Crippen molar-refractivity contribution < 1.29 is 4.74 Å². The summed E-state index contributed by atoms with van der Waals surface area (Å²) in [6.45, 7) is 1.91. The van der Waals surface area contributed by atoms with Gasteiger partial charge in [-0.05, 0) is 58.7 Å². The molecule has 0 aliphatic heterocycles. The van der Waals surface area contributed by atoms with Crippen LogP contribution in [-0.4, -0.2) is 0 Å². The van der Waals surface area contributed by atoms with Crippen LogP contribution in [0.4, 0.5) is 0 Å². The minimum Gasteiger partial charge on any atom is -0.456 e. The summed E-state index contributed by atoms with van der Waals surface area (Å²) in [6, 6.07) is 14.5. The second-order valence-electron chi connectivity index (χ2n) is 3.95. The molecule has 2 aromatic rings. The highest BCUT2D eigenvalue weighted by Gasteiger charge is 2.07. The van der Waals surface area contributed by atoms with Crippen molar-refractivity contribution in [1.29, 1.82) is 10.5 Å². The van der Waals surface area contributed by atoms with Crippen LogP contribution in [0.3, 0.4) is 0 Å². The first-order chi connectivity index (χ1) is 9.13. The number of benzene rings is 2. The summed E-state index contributed by atoms with van der Waals surface area (Å²) in [7, 11) is 0. The Hall–Kier alpha value is -2.30. The van der Waals surface area contributed by atoms with Gasteiger partial charge in [0.2, 0.25) is 0 Å². The Morgan fingerprint density at radius 2 is 1.58 bits per heavy atom. The molecule has 0 saturated heterocycles. The van der Waals surface area contributed by atoms with Crippen molar-refractivity contribution in [2.75, 3.05) is 0 Å². The van der Waals surface area contributed by atoms with E-state index in [4.69, 9.17) is 15.3 Å². The molecule has 0 saturated carbocycles. The van der Waals surface area contributed by atoms with E-state index in [0.29, 0.717) is 27.1 Å². The van der Waals surface area contributed by atoms with Crippen LogP contribution >= 0.6 is 15.9 Å². The quantitative estimate of drug-likeness (QED) is 0.831. The van der Waals surface area contributed by atoms with Gasteiger partial charge < -0.3 is 4.74 Å². The van der Waals surface area contributed by atoms with Crippen LogP contribution in [-0.2, 0) is 0 Å². The zero-order valence-corrected chi connectivity index (χ0v) is 11.7. The third-order valence-corrected chi connectivity index (χ3v) is 3.22. The van der Waals surface area contributed by atoms with Gasteiger partial charge in [-0.25, -0.2) is 0 Å². The molecule has 0 aromatic heterocycles. The molecular formula is C15H9BrN2O. The molecule has 19 heavy (non-hydrogen) atoms. The Balaban J connectivity index is 2.37. The molecule has 3 nitrogen and oxygen atoms in total. The van der Waals surface area contributed by atoms with Crippen LogP contribution in [0.1, 0.15) is 16.7 Å². The lowest BCUT2D eigenvalue weighted by atomic mass is 10.1. The molecule has 0 aliphatic carbocycles. The van der Waals surface area contributed by atoms with Gasteiger partial charge in [-0.1, -0.05) is 6.07 Å². The molecule has 4 heteroatoms. The van der Waals surface area contributed by atoms with E-state index in [9.17, 15) is 0 Å². The van der Waals surface area contributed by atoms with Crippen molar-refractivity contribution in [2.24, 2.45) is 0 Å². The van der Waals surface area contributed by atoms with E-state index in [-0.39, 0.29) is 0 Å². The van der Waals surface area contributed by atoms with Crippen molar-refractivity contribution in [3.05, 3.63) is 57.6 Å². The molecule has 2 rings (SSSR count). The van der Waals surface area contributed by atoms with Gasteiger partial charge in [-0.2, -0.15) is 10.5 Å². The first kappa shape index (κ1) is 13.1. The number of rotatable bonds is 2. The van der Waals surface area contributed by atoms with Crippen LogP contribution in [0.15, 0.2) is 40.9 Å². The Morgan fingerprint density at radius 3 is 2.21 bits per heavy atom. The fourth-order valence-electron chi connectivity index (χ4n) is 1.55. The summed E-state index contributed by atoms with van der Waals surface area (Å²) in [5.74, 6) is 1.24. The zero-order valence-electron chi connectivity index (χ0n) is 10.1. The van der Waals surface area contributed by atoms with Gasteiger partial charge in [0.1, 0.15) is 11.5 Å². The lowest BCUT2D eigenvalue weighted by Gasteiger charge is -2.10. The van der Waals surface area contributed by atoms with E-state index in [0.717, 1.165) is 5.56 Å². The highest BCUT2D eigenvalue weighted by molar-refractivity contribution is 9.10. The molecule has 0 amide bonds. The zero-order chi connectivity index (χ0) is 13.8. The van der Waals surface area contributed by atoms with Crippen molar-refractivity contribution in [3.8, 4) is 23.6 Å². The summed E-state index contributed by atoms with van der Waals surface area (Å²) in [4.78, 5) is 0. The maximum atomic E-state index is 8.89. The lowest BCUT2D eigenvalue weighted by molar-refractivity contribution is 0.475. The topological polar surface area (TPSA) is 56.8 Å². The van der Waals surface area contributed by atoms with Crippen molar-refractivity contribution >= 4 is 15.9 Å². The first-order valence-electron chi connectivity index (χ1n) is 5.52. The number of nitrogens with zero attached hydrogens (tertiary/aromatic N) is 2. The molecule has 0 N–H and O–H groups in total. The van der Waals surface area contributed by atoms with E-state index in [1.807, 2.05) is 13.0 Å². The van der Waals surface area contributed by atoms with Gasteiger partial charge >= 0.3 is 0 Å². The van der Waals surface area contributed by atoms with E-state index < -0.39 is 0 Å². The molecule has 0 radical (unpaired) electrons. The second kappa shape index (κ2) is 5.56. The predicted octanol–water partition coefficient (Wildman–Crippen LogP) is 4.29. The maximum Gasteiger partial charge on any atom is 0.141 e. The molecule has 0 bridgehead atoms. The third-order valence-electron chi connectivity index (χ3n) is 2.60. The van der Waals surface area contributed by atoms with E-state index in [1.54, 1.807) is 30.3 Å². The first-order valence-corrected chi connectivity index (χ1v) is 6.31. The van der Waals surface area contributed by atoms with Crippen LogP contribution in [0.2, 0.25) is 0 Å². The van der Waals surface area contributed by atoms with Crippen molar-refractivity contribution in [1.82, 2.24) is 0 Å². The van der Waals surface area contributed by atoms with Gasteiger partial charge in [0.15, 0.2) is 0 Å². The number of hydrogen-bond acceptors (Lipinski definition) is 3. The number of halogens is 1. The summed E-state index contributed by atoms with van der Waals surface area (Å²) < 4.78 is 6.48. The van der Waals surface area contributed by atoms with Gasteiger partial charge in [-0.15, -0.1) is 0 Å². The Bertz CT molecular complexity index is 711. The number of nitriles is 2. The van der Waals surface area contributed by atoms with Crippen molar-refractivity contribution in [2.45, 2.75) is 6.92 Å². The molecule has 92 valence electrons. The Labute approximate surface area is 119 Å². The summed E-state index contributed by atoms with van der Waals surface area (Å²) >= 11 is 3.36. The summed E-state index contributed by atoms with van der Waals surface area (Å²) in [6.07, 6.45) is 0. The van der Waals surface area contributed by atoms with Gasteiger partial charge in [0.25, 0.3) is 0 Å². The molecule has 0 spiro atoms. The number of hydrogen-bond donors (Lipinski definition) is 0. The lowest BCUT2D eigenvalue weighted by Crippen LogP contribution is -1.90. The van der Waals surface area contributed by atoms with E-state index in [2.05, 4.69) is 28.1 Å². The van der Waals surface area contributed by atoms with Crippen LogP contribution < -0.4 is 4.74 Å². The highest BCUT2D eigenvalue weighted by atomic mass is 79.9. The highest BCUT2D eigenvalue weighted by Crippen LogP contribution is 2.32. The maximum absolute atomic E-state index is 8.89. The minimum absolute atomic E-state index is 0.547. The molecule has 2 aromatic carbocycles. The van der Waals surface area contributed by atoms with Crippen LogP contribution in [0.25, 0.3) is 0 Å². The second-order valence-corrected chi connectivity index (χ2v) is 4.81. The third kappa shape index (κ3) is 2.93. The van der Waals surface area contributed by atoms with Crippen LogP contribution in [0.5, 0.6) is 11.5 Å². The molecule has 0 unspecified atom stereocenters. The summed E-state index contributed by atoms with van der Waals surface area (Å²) in [5, 5.41) is 17.7. The van der Waals surface area contributed by atoms with Gasteiger partial charge in [-0.3, -0.25) is 0 Å². The molecule has 0 fully saturated rings. The van der Waals surface area contributed by atoms with Gasteiger partial charge in [0, 0.05) is 0 Å². The monoisotopic (exact) mass is 312 g/mol. The normalized spacial score (nSPS) is 9.47. The number of ether oxygens (including phenoxy) is 1. The average Bonchev–Trinajstić information content (AvgIpc) is 2.43. The van der Waals surface area contributed by atoms with Crippen molar-refractivity contribution in [3.63, 3.8) is 0 Å². The molecule has 0 aliphatic rings. The molecule has 0 heterocycles. The standard InChI is InChI=1S/C15H9BrN2O/c1-10-2-3-12(9-18)7-15(10)19-14-5-4-11(8-17)6-13(14)16/h2-7H,1H3. The van der Waals surface area contributed by atoms with E-state index >= 15 is 0 Å². The summed E-state index contributed by atoms with van der Waals surface area (Å²) in [5.41, 5.74) is 2.04. The fraction of sp³-hybridized carbons (Fsp3) is 0.0667. The van der Waals surface area contributed by atoms with Crippen LogP contribution in [0, 0.1) is 29.6 Å². The minimum atomic E-state index is 0.547. The average molecular weight is 313 g/mol. The fourth-order valence-corrected chi connectivity index (χ4v) is 2.01. The van der Waals surface area contributed by atoms with Gasteiger partial charge in [0.05, 0.1) is 27.7 Å². The predicted molar refractivity (Wildman–Crippen MR) is 74.8 cm³/mol. The number of aryl methyl sites for hydroxylation is 1. The molecular weight excluding hydrogens is 304 g/mol. The van der Waals surface area contributed by atoms with E-state index in [1.165, 1.54) is 0 Å².